The Kier molecular flexibility index (Phi) is 3.89. The van der Waals surface area contributed by atoms with Crippen LogP contribution >= 0.6 is 11.6 Å². The van der Waals surface area contributed by atoms with Crippen molar-refractivity contribution in [2.45, 2.75) is 0 Å². The monoisotopic (exact) mass is 243 g/mol. The highest BCUT2D eigenvalue weighted by Crippen LogP contribution is 2.19. The lowest BCUT2D eigenvalue weighted by Crippen LogP contribution is -2.23. The molecule has 0 spiro atoms. The van der Waals surface area contributed by atoms with Crippen molar-refractivity contribution in [3.8, 4) is 0 Å². The van der Waals surface area contributed by atoms with Crippen LogP contribution in [0.1, 0.15) is 0 Å². The fourth-order valence-corrected chi connectivity index (χ4v) is 1.26. The van der Waals surface area contributed by atoms with Crippen LogP contribution < -0.4 is 10.6 Å². The van der Waals surface area contributed by atoms with Gasteiger partial charge in [0.25, 0.3) is 5.56 Å². The molecule has 0 N–H and O–H groups in total. The molecule has 0 amide bonds. The standard InChI is InChI=1S/C9H14ClN5O/c1-13(2)6-12-14(3)7-5-11-15(4)9(16)8(7)10/h5-6H,1-4H3. The van der Waals surface area contributed by atoms with Gasteiger partial charge >= 0.3 is 0 Å². The molecule has 0 radical (unpaired) electrons. The highest BCUT2D eigenvalue weighted by molar-refractivity contribution is 6.32. The first-order chi connectivity index (χ1) is 7.43. The number of halogens is 1. The van der Waals surface area contributed by atoms with Crippen LogP contribution in [0.3, 0.4) is 0 Å². The summed E-state index contributed by atoms with van der Waals surface area (Å²) in [5.74, 6) is 0. The van der Waals surface area contributed by atoms with E-state index in [2.05, 4.69) is 10.2 Å². The first kappa shape index (κ1) is 12.5. The highest BCUT2D eigenvalue weighted by Gasteiger charge is 2.10. The molecular weight excluding hydrogens is 230 g/mol. The van der Waals surface area contributed by atoms with Gasteiger partial charge in [-0.15, -0.1) is 0 Å². The zero-order valence-corrected chi connectivity index (χ0v) is 10.4. The van der Waals surface area contributed by atoms with E-state index in [1.54, 1.807) is 25.3 Å². The van der Waals surface area contributed by atoms with Gasteiger partial charge in [-0.3, -0.25) is 9.80 Å². The topological polar surface area (TPSA) is 53.7 Å². The fraction of sp³-hybridized carbons (Fsp3) is 0.444. The summed E-state index contributed by atoms with van der Waals surface area (Å²) in [6, 6.07) is 0. The molecule has 7 heteroatoms. The lowest BCUT2D eigenvalue weighted by atomic mass is 10.4. The van der Waals surface area contributed by atoms with Crippen LogP contribution in [0.5, 0.6) is 0 Å². The highest BCUT2D eigenvalue weighted by atomic mass is 35.5. The molecule has 0 unspecified atom stereocenters. The van der Waals surface area contributed by atoms with E-state index in [1.807, 2.05) is 14.1 Å². The Hall–Kier alpha value is -1.56. The van der Waals surface area contributed by atoms with Gasteiger partial charge in [-0.1, -0.05) is 11.6 Å². The van der Waals surface area contributed by atoms with Gasteiger partial charge in [0.15, 0.2) is 0 Å². The van der Waals surface area contributed by atoms with Gasteiger partial charge in [0.2, 0.25) is 0 Å². The molecule has 1 heterocycles. The van der Waals surface area contributed by atoms with Gasteiger partial charge in [0, 0.05) is 28.2 Å². The van der Waals surface area contributed by atoms with Gasteiger partial charge in [-0.2, -0.15) is 10.2 Å². The third-order valence-electron chi connectivity index (χ3n) is 1.86. The van der Waals surface area contributed by atoms with Crippen LogP contribution in [-0.2, 0) is 7.05 Å². The van der Waals surface area contributed by atoms with Crippen LogP contribution in [0, 0.1) is 0 Å². The molecule has 0 bridgehead atoms. The van der Waals surface area contributed by atoms with Crippen LogP contribution in [0.15, 0.2) is 16.1 Å². The van der Waals surface area contributed by atoms with Crippen LogP contribution in [-0.4, -0.2) is 42.2 Å². The maximum absolute atomic E-state index is 11.5. The van der Waals surface area contributed by atoms with Crippen LogP contribution in [0.4, 0.5) is 5.69 Å². The van der Waals surface area contributed by atoms with E-state index in [4.69, 9.17) is 11.6 Å². The van der Waals surface area contributed by atoms with Crippen molar-refractivity contribution in [3.05, 3.63) is 21.6 Å². The number of aromatic nitrogens is 2. The van der Waals surface area contributed by atoms with E-state index in [9.17, 15) is 4.79 Å². The Labute approximate surface area is 98.7 Å². The van der Waals surface area contributed by atoms with Crippen molar-refractivity contribution in [2.24, 2.45) is 12.1 Å². The van der Waals surface area contributed by atoms with Crippen molar-refractivity contribution in [2.75, 3.05) is 26.2 Å². The second-order valence-electron chi connectivity index (χ2n) is 3.49. The predicted molar refractivity (Wildman–Crippen MR) is 65.1 cm³/mol. The predicted octanol–water partition coefficient (Wildman–Crippen LogP) is 0.375. The number of hydrazone groups is 1. The average Bonchev–Trinajstić information content (AvgIpc) is 2.23. The van der Waals surface area contributed by atoms with E-state index in [1.165, 1.54) is 15.9 Å². The molecule has 1 aromatic heterocycles. The van der Waals surface area contributed by atoms with Gasteiger partial charge < -0.3 is 4.90 Å². The maximum atomic E-state index is 11.5. The maximum Gasteiger partial charge on any atom is 0.287 e. The third-order valence-corrected chi connectivity index (χ3v) is 2.22. The summed E-state index contributed by atoms with van der Waals surface area (Å²) in [6.07, 6.45) is 3.10. The van der Waals surface area contributed by atoms with E-state index in [-0.39, 0.29) is 10.6 Å². The first-order valence-electron chi connectivity index (χ1n) is 4.59. The zero-order chi connectivity index (χ0) is 12.3. The molecule has 0 aliphatic rings. The van der Waals surface area contributed by atoms with Crippen molar-refractivity contribution >= 4 is 23.6 Å². The van der Waals surface area contributed by atoms with E-state index < -0.39 is 0 Å². The molecule has 0 fully saturated rings. The molecule has 88 valence electrons. The summed E-state index contributed by atoms with van der Waals surface area (Å²) in [5.41, 5.74) is 0.133. The van der Waals surface area contributed by atoms with Gasteiger partial charge in [-0.05, 0) is 0 Å². The van der Waals surface area contributed by atoms with E-state index >= 15 is 0 Å². The molecule has 16 heavy (non-hydrogen) atoms. The summed E-state index contributed by atoms with van der Waals surface area (Å²) >= 11 is 5.91. The minimum absolute atomic E-state index is 0.107. The fourth-order valence-electron chi connectivity index (χ4n) is 0.971. The normalized spacial score (nSPS) is 10.8. The smallest absolute Gasteiger partial charge is 0.287 e. The second-order valence-corrected chi connectivity index (χ2v) is 3.87. The average molecular weight is 244 g/mol. The Bertz CT molecular complexity index is 454. The molecule has 0 aliphatic carbocycles. The van der Waals surface area contributed by atoms with Crippen molar-refractivity contribution in [3.63, 3.8) is 0 Å². The zero-order valence-electron chi connectivity index (χ0n) is 9.68. The Morgan fingerprint density at radius 3 is 2.69 bits per heavy atom. The second kappa shape index (κ2) is 4.98. The molecule has 0 saturated carbocycles. The minimum atomic E-state index is -0.342. The minimum Gasteiger partial charge on any atom is -0.367 e. The van der Waals surface area contributed by atoms with Crippen molar-refractivity contribution in [1.82, 2.24) is 14.7 Å². The van der Waals surface area contributed by atoms with Gasteiger partial charge in [0.1, 0.15) is 17.0 Å². The number of nitrogens with zero attached hydrogens (tertiary/aromatic N) is 5. The number of hydrogen-bond acceptors (Lipinski definition) is 4. The first-order valence-corrected chi connectivity index (χ1v) is 4.97. The van der Waals surface area contributed by atoms with Gasteiger partial charge in [0.05, 0.1) is 6.20 Å². The molecule has 6 nitrogen and oxygen atoms in total. The number of aryl methyl sites for hydroxylation is 1. The lowest BCUT2D eigenvalue weighted by molar-refractivity contribution is 0.637. The molecule has 1 rings (SSSR count). The molecule has 1 aromatic rings. The molecule has 0 atom stereocenters. The van der Waals surface area contributed by atoms with Crippen molar-refractivity contribution in [1.29, 1.82) is 0 Å². The lowest BCUT2D eigenvalue weighted by Gasteiger charge is -2.15. The van der Waals surface area contributed by atoms with Crippen LogP contribution in [0.25, 0.3) is 0 Å². The number of rotatable bonds is 3. The summed E-state index contributed by atoms with van der Waals surface area (Å²) in [6.45, 7) is 0. The molecule has 0 aromatic carbocycles. The quantitative estimate of drug-likeness (QED) is 0.437. The Balaban J connectivity index is 3.06. The molecule has 0 saturated heterocycles. The summed E-state index contributed by atoms with van der Waals surface area (Å²) in [5, 5.41) is 9.57. The summed E-state index contributed by atoms with van der Waals surface area (Å²) < 4.78 is 1.18. The van der Waals surface area contributed by atoms with Crippen molar-refractivity contribution < 1.29 is 0 Å². The number of hydrogen-bond donors (Lipinski definition) is 0. The van der Waals surface area contributed by atoms with E-state index in [0.29, 0.717) is 5.69 Å². The SMILES string of the molecule is CN(C)C=NN(C)c1cnn(C)c(=O)c1Cl. The Morgan fingerprint density at radius 2 is 2.12 bits per heavy atom. The molecule has 0 aliphatic heterocycles. The largest absolute Gasteiger partial charge is 0.367 e. The van der Waals surface area contributed by atoms with Crippen LogP contribution in [0.2, 0.25) is 5.02 Å². The Morgan fingerprint density at radius 1 is 1.50 bits per heavy atom. The van der Waals surface area contributed by atoms with E-state index in [0.717, 1.165) is 0 Å². The molecular formula is C9H14ClN5O. The van der Waals surface area contributed by atoms with Gasteiger partial charge in [-0.25, -0.2) is 4.68 Å². The third kappa shape index (κ3) is 2.73. The summed E-state index contributed by atoms with van der Waals surface area (Å²) in [7, 11) is 6.94. The summed E-state index contributed by atoms with van der Waals surface area (Å²) in [4.78, 5) is 13.3. The number of anilines is 1.